The average Bonchev–Trinajstić information content (AvgIpc) is 3.24. The molecular weight excluding hydrogens is 537 g/mol. The molecule has 1 heterocycles. The molecular formula is C30H31F3N4O4. The van der Waals surface area contributed by atoms with Gasteiger partial charge in [0, 0.05) is 41.3 Å². The summed E-state index contributed by atoms with van der Waals surface area (Å²) in [5.74, 6) is -3.45. The number of nitrogens with zero attached hydrogens (tertiary/aromatic N) is 1. The molecule has 4 rings (SSSR count). The largest absolute Gasteiger partial charge is 0.490 e. The van der Waals surface area contributed by atoms with E-state index < -0.39 is 18.1 Å². The number of benzene rings is 3. The third-order valence-electron chi connectivity index (χ3n) is 6.09. The fourth-order valence-corrected chi connectivity index (χ4v) is 4.26. The van der Waals surface area contributed by atoms with Gasteiger partial charge in [0.15, 0.2) is 0 Å². The number of primary amides is 1. The van der Waals surface area contributed by atoms with Gasteiger partial charge < -0.3 is 21.5 Å². The van der Waals surface area contributed by atoms with Gasteiger partial charge in [0.2, 0.25) is 5.91 Å². The quantitative estimate of drug-likeness (QED) is 0.248. The van der Waals surface area contributed by atoms with Crippen molar-refractivity contribution >= 4 is 34.7 Å². The number of carboxylic acids is 1. The summed E-state index contributed by atoms with van der Waals surface area (Å²) in [5.41, 5.74) is 12.1. The van der Waals surface area contributed by atoms with Crippen molar-refractivity contribution in [3.05, 3.63) is 101 Å². The van der Waals surface area contributed by atoms with Crippen LogP contribution in [-0.4, -0.2) is 41.0 Å². The maximum atomic E-state index is 12.8. The van der Waals surface area contributed by atoms with Crippen LogP contribution < -0.4 is 16.4 Å². The summed E-state index contributed by atoms with van der Waals surface area (Å²) in [6, 6.07) is 23.8. The first kappa shape index (κ1) is 30.9. The maximum absolute atomic E-state index is 12.8. The number of rotatable bonds is 9. The van der Waals surface area contributed by atoms with Gasteiger partial charge >= 0.3 is 12.1 Å². The minimum atomic E-state index is -5.08. The summed E-state index contributed by atoms with van der Waals surface area (Å²) < 4.78 is 31.7. The van der Waals surface area contributed by atoms with Gasteiger partial charge in [-0.05, 0) is 48.9 Å². The molecule has 0 aromatic heterocycles. The number of nitrogens with one attached hydrogen (secondary N) is 2. The zero-order valence-corrected chi connectivity index (χ0v) is 22.6. The van der Waals surface area contributed by atoms with Gasteiger partial charge in [-0.2, -0.15) is 13.2 Å². The Balaban J connectivity index is 0.000000587. The monoisotopic (exact) mass is 568 g/mol. The van der Waals surface area contributed by atoms with Crippen LogP contribution in [0.1, 0.15) is 46.8 Å². The van der Waals surface area contributed by atoms with E-state index in [0.29, 0.717) is 16.8 Å². The van der Waals surface area contributed by atoms with E-state index in [0.717, 1.165) is 42.9 Å². The van der Waals surface area contributed by atoms with Gasteiger partial charge in [0.25, 0.3) is 5.91 Å². The van der Waals surface area contributed by atoms with Crippen LogP contribution in [0, 0.1) is 0 Å². The molecule has 0 saturated carbocycles. The molecule has 0 spiro atoms. The summed E-state index contributed by atoms with van der Waals surface area (Å²) in [6.45, 7) is 3.81. The predicted molar refractivity (Wildman–Crippen MR) is 151 cm³/mol. The first-order valence-electron chi connectivity index (χ1n) is 12.8. The van der Waals surface area contributed by atoms with Crippen LogP contribution in [-0.2, 0) is 22.7 Å². The Labute approximate surface area is 235 Å². The van der Waals surface area contributed by atoms with Crippen molar-refractivity contribution in [3.8, 4) is 0 Å². The molecule has 0 atom stereocenters. The van der Waals surface area contributed by atoms with Crippen LogP contribution in [0.2, 0.25) is 0 Å². The molecule has 5 N–H and O–H groups in total. The van der Waals surface area contributed by atoms with E-state index in [1.165, 1.54) is 11.1 Å². The van der Waals surface area contributed by atoms with Crippen LogP contribution in [0.4, 0.5) is 24.5 Å². The first-order chi connectivity index (χ1) is 19.4. The molecule has 0 fully saturated rings. The lowest BCUT2D eigenvalue weighted by Crippen LogP contribution is -2.21. The summed E-state index contributed by atoms with van der Waals surface area (Å²) in [6.07, 6.45) is -3.47. The van der Waals surface area contributed by atoms with Crippen molar-refractivity contribution in [2.24, 2.45) is 5.73 Å². The normalized spacial score (nSPS) is 13.6. The molecule has 0 bridgehead atoms. The number of halogens is 3. The zero-order chi connectivity index (χ0) is 30.2. The van der Waals surface area contributed by atoms with Crippen molar-refractivity contribution in [1.82, 2.24) is 4.90 Å². The second-order valence-electron chi connectivity index (χ2n) is 9.47. The number of carbonyl (C=O) groups excluding carboxylic acids is 2. The van der Waals surface area contributed by atoms with Crippen molar-refractivity contribution in [3.63, 3.8) is 0 Å². The Morgan fingerprint density at radius 3 is 2.10 bits per heavy atom. The standard InChI is InChI=1S/C28H30N4O2.C2HF3O2/c1-3-7-24(26-23-15-12-21(27(29)33)16-25(23)31-28(26)34)30-22-13-10-20(11-14-22)18-32(2)17-19-8-5-4-6-9-19;3-2(4,5)1(6)7/h4-6,8-16,30H,3,7,17-18H2,1-2H3,(H2,29,33)(H,31,34);(H,6,7). The molecule has 216 valence electrons. The van der Waals surface area contributed by atoms with E-state index in [9.17, 15) is 22.8 Å². The number of amides is 2. The Bertz CT molecular complexity index is 1420. The second kappa shape index (κ2) is 13.6. The Kier molecular flexibility index (Phi) is 10.3. The lowest BCUT2D eigenvalue weighted by Gasteiger charge is -2.18. The van der Waals surface area contributed by atoms with Crippen molar-refractivity contribution < 1.29 is 32.7 Å². The minimum absolute atomic E-state index is 0.174. The van der Waals surface area contributed by atoms with Crippen molar-refractivity contribution in [2.45, 2.75) is 39.0 Å². The predicted octanol–water partition coefficient (Wildman–Crippen LogP) is 5.63. The van der Waals surface area contributed by atoms with Crippen LogP contribution in [0.3, 0.4) is 0 Å². The number of carbonyl (C=O) groups is 3. The fourth-order valence-electron chi connectivity index (χ4n) is 4.26. The lowest BCUT2D eigenvalue weighted by atomic mass is 10.0. The van der Waals surface area contributed by atoms with E-state index in [1.807, 2.05) is 18.2 Å². The number of allylic oxidation sites excluding steroid dienone is 1. The number of aliphatic carboxylic acids is 1. The highest BCUT2D eigenvalue weighted by Crippen LogP contribution is 2.36. The van der Waals surface area contributed by atoms with Gasteiger partial charge in [0.05, 0.1) is 5.57 Å². The SMILES string of the molecule is CCCC(Nc1ccc(CN(C)Cc2ccccc2)cc1)=C1C(=O)Nc2cc(C(N)=O)ccc21.O=C(O)C(F)(F)F. The summed E-state index contributed by atoms with van der Waals surface area (Å²) in [5, 5.41) is 13.5. The van der Waals surface area contributed by atoms with Gasteiger partial charge in [-0.1, -0.05) is 61.9 Å². The zero-order valence-electron chi connectivity index (χ0n) is 22.6. The van der Waals surface area contributed by atoms with Crippen LogP contribution >= 0.6 is 0 Å². The molecule has 3 aromatic carbocycles. The molecule has 0 radical (unpaired) electrons. The third-order valence-corrected chi connectivity index (χ3v) is 6.09. The highest BCUT2D eigenvalue weighted by atomic mass is 19.4. The number of hydrogen-bond donors (Lipinski definition) is 4. The van der Waals surface area contributed by atoms with Gasteiger partial charge in [-0.15, -0.1) is 0 Å². The van der Waals surface area contributed by atoms with E-state index in [2.05, 4.69) is 65.9 Å². The summed E-state index contributed by atoms with van der Waals surface area (Å²) in [7, 11) is 2.11. The van der Waals surface area contributed by atoms with E-state index in [4.69, 9.17) is 15.6 Å². The Hall–Kier alpha value is -4.64. The minimum Gasteiger partial charge on any atom is -0.475 e. The smallest absolute Gasteiger partial charge is 0.475 e. The van der Waals surface area contributed by atoms with E-state index in [-0.39, 0.29) is 5.91 Å². The van der Waals surface area contributed by atoms with Crippen LogP contribution in [0.25, 0.3) is 5.57 Å². The Morgan fingerprint density at radius 2 is 1.56 bits per heavy atom. The molecule has 2 amide bonds. The molecule has 1 aliphatic heterocycles. The molecule has 11 heteroatoms. The molecule has 1 aliphatic rings. The molecule has 3 aromatic rings. The van der Waals surface area contributed by atoms with Crippen LogP contribution in [0.5, 0.6) is 0 Å². The van der Waals surface area contributed by atoms with Crippen molar-refractivity contribution in [2.75, 3.05) is 17.7 Å². The molecule has 0 aliphatic carbocycles. The molecule has 0 unspecified atom stereocenters. The third kappa shape index (κ3) is 8.67. The summed E-state index contributed by atoms with van der Waals surface area (Å²) in [4.78, 5) is 35.5. The average molecular weight is 569 g/mol. The molecule has 8 nitrogen and oxygen atoms in total. The highest BCUT2D eigenvalue weighted by molar-refractivity contribution is 6.32. The summed E-state index contributed by atoms with van der Waals surface area (Å²) >= 11 is 0. The maximum Gasteiger partial charge on any atom is 0.490 e. The second-order valence-corrected chi connectivity index (χ2v) is 9.47. The number of hydrogen-bond acceptors (Lipinski definition) is 5. The topological polar surface area (TPSA) is 125 Å². The van der Waals surface area contributed by atoms with E-state index >= 15 is 0 Å². The number of nitrogens with two attached hydrogens (primary N) is 1. The molecule has 41 heavy (non-hydrogen) atoms. The lowest BCUT2D eigenvalue weighted by molar-refractivity contribution is -0.192. The van der Waals surface area contributed by atoms with Crippen molar-refractivity contribution in [1.29, 1.82) is 0 Å². The van der Waals surface area contributed by atoms with Gasteiger partial charge in [0.1, 0.15) is 0 Å². The highest BCUT2D eigenvalue weighted by Gasteiger charge is 2.38. The van der Waals surface area contributed by atoms with Gasteiger partial charge in [-0.25, -0.2) is 4.79 Å². The Morgan fingerprint density at radius 1 is 0.976 bits per heavy atom. The number of alkyl halides is 3. The number of anilines is 2. The van der Waals surface area contributed by atoms with Crippen LogP contribution in [0.15, 0.2) is 78.5 Å². The fraction of sp³-hybridized carbons (Fsp3) is 0.233. The van der Waals surface area contributed by atoms with E-state index in [1.54, 1.807) is 18.2 Å². The number of fused-ring (bicyclic) bond motifs is 1. The van der Waals surface area contributed by atoms with Gasteiger partial charge in [-0.3, -0.25) is 14.5 Å². The molecule has 0 saturated heterocycles. The first-order valence-corrected chi connectivity index (χ1v) is 12.8. The number of carboxylic acid groups (broad SMARTS) is 1.